The number of likely N-dealkylation sites (tertiary alicyclic amines) is 1. The van der Waals surface area contributed by atoms with Crippen molar-refractivity contribution in [2.24, 2.45) is 5.92 Å². The fourth-order valence-corrected chi connectivity index (χ4v) is 2.38. The Morgan fingerprint density at radius 2 is 2.42 bits per heavy atom. The summed E-state index contributed by atoms with van der Waals surface area (Å²) in [4.78, 5) is 13.5. The van der Waals surface area contributed by atoms with E-state index in [4.69, 9.17) is 10.00 Å². The smallest absolute Gasteiger partial charge is 0.310 e. The molecular formula is C14H15FN2O2. The van der Waals surface area contributed by atoms with Crippen LogP contribution in [0.15, 0.2) is 18.2 Å². The first kappa shape index (κ1) is 13.5. The normalized spacial score (nSPS) is 19.1. The molecule has 0 spiro atoms. The minimum Gasteiger partial charge on any atom is -0.469 e. The highest BCUT2D eigenvalue weighted by Crippen LogP contribution is 2.21. The Kier molecular flexibility index (Phi) is 4.13. The molecule has 1 aliphatic heterocycles. The molecule has 0 N–H and O–H groups in total. The third-order valence-corrected chi connectivity index (χ3v) is 3.39. The van der Waals surface area contributed by atoms with Gasteiger partial charge in [0.15, 0.2) is 0 Å². The van der Waals surface area contributed by atoms with Crippen molar-refractivity contribution in [3.05, 3.63) is 35.1 Å². The van der Waals surface area contributed by atoms with Crippen molar-refractivity contribution in [1.82, 2.24) is 4.90 Å². The summed E-state index contributed by atoms with van der Waals surface area (Å²) in [6.45, 7) is 1.82. The lowest BCUT2D eigenvalue weighted by Gasteiger charge is -2.16. The molecule has 1 aliphatic rings. The minimum atomic E-state index is -0.349. The Morgan fingerprint density at radius 1 is 1.63 bits per heavy atom. The van der Waals surface area contributed by atoms with E-state index >= 15 is 0 Å². The number of methoxy groups -OCH3 is 1. The van der Waals surface area contributed by atoms with Gasteiger partial charge < -0.3 is 4.74 Å². The summed E-state index contributed by atoms with van der Waals surface area (Å²) in [6, 6.07) is 6.20. The van der Waals surface area contributed by atoms with Gasteiger partial charge in [-0.1, -0.05) is 0 Å². The summed E-state index contributed by atoms with van der Waals surface area (Å²) in [5, 5.41) is 9.00. The largest absolute Gasteiger partial charge is 0.469 e. The van der Waals surface area contributed by atoms with Crippen LogP contribution in [0.5, 0.6) is 0 Å². The molecule has 1 fully saturated rings. The molecular weight excluding hydrogens is 247 g/mol. The highest BCUT2D eigenvalue weighted by atomic mass is 19.1. The molecule has 1 aromatic carbocycles. The molecule has 0 radical (unpaired) electrons. The lowest BCUT2D eigenvalue weighted by molar-refractivity contribution is -0.144. The van der Waals surface area contributed by atoms with Crippen LogP contribution >= 0.6 is 0 Å². The van der Waals surface area contributed by atoms with Gasteiger partial charge in [0, 0.05) is 13.1 Å². The van der Waals surface area contributed by atoms with Crippen molar-refractivity contribution in [1.29, 1.82) is 5.26 Å². The van der Waals surface area contributed by atoms with E-state index in [1.54, 1.807) is 0 Å². The van der Waals surface area contributed by atoms with Crippen molar-refractivity contribution in [2.75, 3.05) is 20.2 Å². The van der Waals surface area contributed by atoms with Gasteiger partial charge in [0.25, 0.3) is 0 Å². The zero-order chi connectivity index (χ0) is 13.8. The summed E-state index contributed by atoms with van der Waals surface area (Å²) in [6.07, 6.45) is 0.740. The van der Waals surface area contributed by atoms with Crippen molar-refractivity contribution < 1.29 is 13.9 Å². The number of ether oxygens (including phenoxy) is 1. The second kappa shape index (κ2) is 5.81. The zero-order valence-electron chi connectivity index (χ0n) is 10.7. The molecule has 1 aromatic rings. The number of carbonyl (C=O) groups excluding carboxylic acids is 1. The molecule has 0 saturated carbocycles. The highest BCUT2D eigenvalue weighted by Gasteiger charge is 2.29. The van der Waals surface area contributed by atoms with Crippen molar-refractivity contribution >= 4 is 5.97 Å². The summed E-state index contributed by atoms with van der Waals surface area (Å²) < 4.78 is 17.9. The predicted molar refractivity (Wildman–Crippen MR) is 66.5 cm³/mol. The molecule has 1 saturated heterocycles. The van der Waals surface area contributed by atoms with E-state index < -0.39 is 0 Å². The number of nitrogens with zero attached hydrogens (tertiary/aromatic N) is 2. The van der Waals surface area contributed by atoms with Crippen molar-refractivity contribution in [3.63, 3.8) is 0 Å². The number of benzene rings is 1. The lowest BCUT2D eigenvalue weighted by Crippen LogP contribution is -2.24. The Morgan fingerprint density at radius 3 is 3.11 bits per heavy atom. The molecule has 1 atom stereocenters. The van der Waals surface area contributed by atoms with Gasteiger partial charge in [-0.25, -0.2) is 4.39 Å². The van der Waals surface area contributed by atoms with Gasteiger partial charge >= 0.3 is 5.97 Å². The standard InChI is InChI=1S/C14H15FN2O2/c1-19-14(18)11-4-5-17(8-11)9-12-6-13(15)3-2-10(12)7-16/h2-3,6,11H,4-5,8-9H2,1H3. The van der Waals surface area contributed by atoms with Crippen LogP contribution < -0.4 is 0 Å². The van der Waals surface area contributed by atoms with Gasteiger partial charge in [0.2, 0.25) is 0 Å². The number of nitriles is 1. The number of rotatable bonds is 3. The van der Waals surface area contributed by atoms with Crippen LogP contribution in [0.3, 0.4) is 0 Å². The second-order valence-electron chi connectivity index (χ2n) is 4.66. The first-order valence-corrected chi connectivity index (χ1v) is 6.12. The molecule has 0 aromatic heterocycles. The number of hydrogen-bond donors (Lipinski definition) is 0. The third kappa shape index (κ3) is 3.09. The average molecular weight is 262 g/mol. The lowest BCUT2D eigenvalue weighted by atomic mass is 10.1. The Bertz CT molecular complexity index is 525. The van der Waals surface area contributed by atoms with E-state index in [2.05, 4.69) is 6.07 Å². The molecule has 0 aliphatic carbocycles. The van der Waals surface area contributed by atoms with Gasteiger partial charge in [-0.15, -0.1) is 0 Å². The maximum Gasteiger partial charge on any atom is 0.310 e. The van der Waals surface area contributed by atoms with E-state index in [1.165, 1.54) is 25.3 Å². The Balaban J connectivity index is 2.05. The molecule has 0 bridgehead atoms. The van der Waals surface area contributed by atoms with Crippen LogP contribution in [0.4, 0.5) is 4.39 Å². The fourth-order valence-electron chi connectivity index (χ4n) is 2.38. The first-order chi connectivity index (χ1) is 9.13. The minimum absolute atomic E-state index is 0.121. The van der Waals surface area contributed by atoms with Crippen LogP contribution in [0.2, 0.25) is 0 Å². The molecule has 1 heterocycles. The maximum atomic E-state index is 13.2. The van der Waals surface area contributed by atoms with Gasteiger partial charge in [-0.2, -0.15) is 5.26 Å². The average Bonchev–Trinajstić information content (AvgIpc) is 2.86. The van der Waals surface area contributed by atoms with Crippen LogP contribution in [-0.2, 0) is 16.1 Å². The van der Waals surface area contributed by atoms with Crippen LogP contribution in [-0.4, -0.2) is 31.1 Å². The number of hydrogen-bond acceptors (Lipinski definition) is 4. The summed E-state index contributed by atoms with van der Waals surface area (Å²) in [7, 11) is 1.38. The summed E-state index contributed by atoms with van der Waals surface area (Å²) in [5.41, 5.74) is 1.14. The molecule has 2 rings (SSSR count). The molecule has 4 nitrogen and oxygen atoms in total. The van der Waals surface area contributed by atoms with E-state index in [-0.39, 0.29) is 17.7 Å². The monoisotopic (exact) mass is 262 g/mol. The first-order valence-electron chi connectivity index (χ1n) is 6.12. The number of carbonyl (C=O) groups is 1. The van der Waals surface area contributed by atoms with E-state index in [0.29, 0.717) is 24.2 Å². The Labute approximate surface area is 111 Å². The van der Waals surface area contributed by atoms with Crippen LogP contribution in [0.1, 0.15) is 17.5 Å². The quantitative estimate of drug-likeness (QED) is 0.778. The van der Waals surface area contributed by atoms with Crippen molar-refractivity contribution in [2.45, 2.75) is 13.0 Å². The van der Waals surface area contributed by atoms with E-state index in [1.807, 2.05) is 4.90 Å². The van der Waals surface area contributed by atoms with E-state index in [0.717, 1.165) is 13.0 Å². The second-order valence-corrected chi connectivity index (χ2v) is 4.66. The summed E-state index contributed by atoms with van der Waals surface area (Å²) in [5.74, 6) is -0.677. The maximum absolute atomic E-state index is 13.2. The fraction of sp³-hybridized carbons (Fsp3) is 0.429. The van der Waals surface area contributed by atoms with Crippen molar-refractivity contribution in [3.8, 4) is 6.07 Å². The molecule has 19 heavy (non-hydrogen) atoms. The third-order valence-electron chi connectivity index (χ3n) is 3.39. The van der Waals surface area contributed by atoms with Gasteiger partial charge in [0.05, 0.1) is 24.7 Å². The zero-order valence-corrected chi connectivity index (χ0v) is 10.7. The van der Waals surface area contributed by atoms with Crippen LogP contribution in [0.25, 0.3) is 0 Å². The number of halogens is 1. The van der Waals surface area contributed by atoms with Crippen LogP contribution in [0, 0.1) is 23.1 Å². The van der Waals surface area contributed by atoms with Gasteiger partial charge in [-0.05, 0) is 36.7 Å². The molecule has 1 unspecified atom stereocenters. The number of esters is 1. The SMILES string of the molecule is COC(=O)C1CCN(Cc2cc(F)ccc2C#N)C1. The topological polar surface area (TPSA) is 53.3 Å². The molecule has 5 heteroatoms. The van der Waals surface area contributed by atoms with Gasteiger partial charge in [-0.3, -0.25) is 9.69 Å². The highest BCUT2D eigenvalue weighted by molar-refractivity contribution is 5.72. The molecule has 100 valence electrons. The summed E-state index contributed by atoms with van der Waals surface area (Å²) >= 11 is 0. The predicted octanol–water partition coefficient (Wildman–Crippen LogP) is 1.69. The van der Waals surface area contributed by atoms with E-state index in [9.17, 15) is 9.18 Å². The molecule has 0 amide bonds. The van der Waals surface area contributed by atoms with Gasteiger partial charge in [0.1, 0.15) is 5.82 Å². The Hall–Kier alpha value is -1.93.